The van der Waals surface area contributed by atoms with Crippen molar-refractivity contribution in [3.8, 4) is 5.69 Å². The highest BCUT2D eigenvalue weighted by molar-refractivity contribution is 7.89. The molecule has 1 aromatic heterocycles. The number of aromatic nitrogens is 2. The van der Waals surface area contributed by atoms with Crippen molar-refractivity contribution < 1.29 is 8.42 Å². The summed E-state index contributed by atoms with van der Waals surface area (Å²) in [7, 11) is -3.29. The summed E-state index contributed by atoms with van der Waals surface area (Å²) in [4.78, 5) is 12.6. The summed E-state index contributed by atoms with van der Waals surface area (Å²) in [6.45, 7) is 2.55. The molecule has 0 spiro atoms. The summed E-state index contributed by atoms with van der Waals surface area (Å²) in [6, 6.07) is 9.31. The number of fused-ring (bicyclic) bond motifs is 1. The average Bonchev–Trinajstić information content (AvgIpc) is 2.90. The number of aromatic amines is 1. The summed E-state index contributed by atoms with van der Waals surface area (Å²) in [5.74, 6) is 0.149. The van der Waals surface area contributed by atoms with Crippen molar-refractivity contribution in [3.63, 3.8) is 0 Å². The molecule has 0 aliphatic carbocycles. The number of nitrogens with one attached hydrogen (secondary N) is 1. The van der Waals surface area contributed by atoms with Gasteiger partial charge in [0, 0.05) is 25.2 Å². The molecular formula is C16H21N3O3S. The Morgan fingerprint density at radius 3 is 2.65 bits per heavy atom. The van der Waals surface area contributed by atoms with Gasteiger partial charge in [-0.3, -0.25) is 9.89 Å². The summed E-state index contributed by atoms with van der Waals surface area (Å²) in [5, 5.41) is 3.12. The first-order valence-corrected chi connectivity index (χ1v) is 9.50. The van der Waals surface area contributed by atoms with Crippen molar-refractivity contribution in [2.24, 2.45) is 0 Å². The largest absolute Gasteiger partial charge is 0.295 e. The van der Waals surface area contributed by atoms with Gasteiger partial charge in [0.05, 0.1) is 17.0 Å². The maximum absolute atomic E-state index is 12.6. The Kier molecular flexibility index (Phi) is 4.41. The third-order valence-corrected chi connectivity index (χ3v) is 6.08. The zero-order valence-corrected chi connectivity index (χ0v) is 14.0. The zero-order valence-electron chi connectivity index (χ0n) is 13.2. The second kappa shape index (κ2) is 6.33. The number of benzene rings is 1. The van der Waals surface area contributed by atoms with E-state index in [-0.39, 0.29) is 17.9 Å². The molecule has 1 aliphatic heterocycles. The van der Waals surface area contributed by atoms with Crippen LogP contribution >= 0.6 is 0 Å². The Labute approximate surface area is 135 Å². The molecule has 1 aliphatic rings. The standard InChI is InChI=1S/C16H21N3O3S/c1-2-3-11-23(21,22)18-10-9-15-14(12-18)16(20)19(17-15)13-7-5-4-6-8-13/h4-8,17H,2-3,9-12H2,1H3. The van der Waals surface area contributed by atoms with Crippen LogP contribution in [-0.4, -0.2) is 34.8 Å². The van der Waals surface area contributed by atoms with E-state index >= 15 is 0 Å². The number of H-pyrrole nitrogens is 1. The summed E-state index contributed by atoms with van der Waals surface area (Å²) < 4.78 is 27.6. The number of nitrogens with zero attached hydrogens (tertiary/aromatic N) is 2. The summed E-state index contributed by atoms with van der Waals surface area (Å²) in [6.07, 6.45) is 2.02. The van der Waals surface area contributed by atoms with E-state index in [1.54, 1.807) is 0 Å². The number of hydrogen-bond acceptors (Lipinski definition) is 3. The summed E-state index contributed by atoms with van der Waals surface area (Å²) >= 11 is 0. The van der Waals surface area contributed by atoms with Crippen LogP contribution in [0.25, 0.3) is 5.69 Å². The minimum Gasteiger partial charge on any atom is -0.295 e. The molecule has 7 heteroatoms. The topological polar surface area (TPSA) is 75.2 Å². The first-order valence-electron chi connectivity index (χ1n) is 7.89. The van der Waals surface area contributed by atoms with Crippen LogP contribution in [0.3, 0.4) is 0 Å². The molecule has 23 heavy (non-hydrogen) atoms. The van der Waals surface area contributed by atoms with Gasteiger partial charge in [0.2, 0.25) is 10.0 Å². The lowest BCUT2D eigenvalue weighted by molar-refractivity contribution is 0.388. The number of hydrogen-bond donors (Lipinski definition) is 1. The molecule has 0 fully saturated rings. The third-order valence-electron chi connectivity index (χ3n) is 4.18. The molecule has 2 heterocycles. The first-order chi connectivity index (χ1) is 11.0. The molecule has 0 saturated heterocycles. The minimum atomic E-state index is -3.29. The highest BCUT2D eigenvalue weighted by Crippen LogP contribution is 2.19. The molecule has 0 atom stereocenters. The van der Waals surface area contributed by atoms with E-state index in [1.165, 1.54) is 8.99 Å². The second-order valence-electron chi connectivity index (χ2n) is 5.80. The fraction of sp³-hybridized carbons (Fsp3) is 0.438. The number of para-hydroxylation sites is 1. The van der Waals surface area contributed by atoms with Crippen LogP contribution in [0, 0.1) is 0 Å². The molecule has 1 N–H and O–H groups in total. The third kappa shape index (κ3) is 3.11. The van der Waals surface area contributed by atoms with Crippen LogP contribution in [0.15, 0.2) is 35.1 Å². The zero-order chi connectivity index (χ0) is 16.4. The predicted octanol–water partition coefficient (Wildman–Crippen LogP) is 1.65. The van der Waals surface area contributed by atoms with Gasteiger partial charge in [-0.2, -0.15) is 4.31 Å². The smallest absolute Gasteiger partial charge is 0.276 e. The summed E-state index contributed by atoms with van der Waals surface area (Å²) in [5.41, 5.74) is 1.98. The number of unbranched alkanes of at least 4 members (excludes halogenated alkanes) is 1. The van der Waals surface area contributed by atoms with E-state index in [4.69, 9.17) is 0 Å². The first kappa shape index (κ1) is 16.0. The van der Waals surface area contributed by atoms with Gasteiger partial charge < -0.3 is 0 Å². The van der Waals surface area contributed by atoms with Crippen molar-refractivity contribution >= 4 is 10.0 Å². The van der Waals surface area contributed by atoms with Gasteiger partial charge in [0.25, 0.3) is 5.56 Å². The normalized spacial score (nSPS) is 15.5. The van der Waals surface area contributed by atoms with Crippen LogP contribution in [0.2, 0.25) is 0 Å². The molecular weight excluding hydrogens is 314 g/mol. The Morgan fingerprint density at radius 1 is 1.22 bits per heavy atom. The van der Waals surface area contributed by atoms with Gasteiger partial charge >= 0.3 is 0 Å². The molecule has 0 saturated carbocycles. The van der Waals surface area contributed by atoms with Crippen LogP contribution in [0.1, 0.15) is 31.0 Å². The molecule has 6 nitrogen and oxygen atoms in total. The van der Waals surface area contributed by atoms with E-state index in [0.717, 1.165) is 17.8 Å². The molecule has 0 amide bonds. The highest BCUT2D eigenvalue weighted by Gasteiger charge is 2.29. The van der Waals surface area contributed by atoms with Crippen LogP contribution in [0.4, 0.5) is 0 Å². The molecule has 0 radical (unpaired) electrons. The molecule has 0 bridgehead atoms. The SMILES string of the molecule is CCCCS(=O)(=O)N1CCc2[nH]n(-c3ccccc3)c(=O)c2C1. The van der Waals surface area contributed by atoms with Gasteiger partial charge in [-0.15, -0.1) is 0 Å². The van der Waals surface area contributed by atoms with Crippen LogP contribution in [0.5, 0.6) is 0 Å². The van der Waals surface area contributed by atoms with Crippen molar-refractivity contribution in [1.29, 1.82) is 0 Å². The maximum atomic E-state index is 12.6. The van der Waals surface area contributed by atoms with E-state index < -0.39 is 10.0 Å². The van der Waals surface area contributed by atoms with Gasteiger partial charge in [-0.05, 0) is 18.6 Å². The molecule has 2 aromatic rings. The van der Waals surface area contributed by atoms with Crippen molar-refractivity contribution in [1.82, 2.24) is 14.1 Å². The van der Waals surface area contributed by atoms with Crippen LogP contribution in [-0.2, 0) is 23.0 Å². The second-order valence-corrected chi connectivity index (χ2v) is 7.89. The maximum Gasteiger partial charge on any atom is 0.276 e. The average molecular weight is 335 g/mol. The molecule has 124 valence electrons. The quantitative estimate of drug-likeness (QED) is 0.903. The minimum absolute atomic E-state index is 0.149. The number of sulfonamides is 1. The fourth-order valence-electron chi connectivity index (χ4n) is 2.83. The lowest BCUT2D eigenvalue weighted by Crippen LogP contribution is -2.38. The molecule has 3 rings (SSSR count). The van der Waals surface area contributed by atoms with Crippen molar-refractivity contribution in [2.45, 2.75) is 32.7 Å². The lowest BCUT2D eigenvalue weighted by Gasteiger charge is -2.25. The van der Waals surface area contributed by atoms with E-state index in [9.17, 15) is 13.2 Å². The lowest BCUT2D eigenvalue weighted by atomic mass is 10.1. The monoisotopic (exact) mass is 335 g/mol. The fourth-order valence-corrected chi connectivity index (χ4v) is 4.44. The van der Waals surface area contributed by atoms with E-state index in [0.29, 0.717) is 24.9 Å². The van der Waals surface area contributed by atoms with E-state index in [2.05, 4.69) is 5.10 Å². The van der Waals surface area contributed by atoms with Gasteiger partial charge in [0.15, 0.2) is 0 Å². The van der Waals surface area contributed by atoms with Crippen molar-refractivity contribution in [2.75, 3.05) is 12.3 Å². The van der Waals surface area contributed by atoms with Gasteiger partial charge in [-0.1, -0.05) is 31.5 Å². The molecule has 1 aromatic carbocycles. The Bertz CT molecular complexity index is 837. The van der Waals surface area contributed by atoms with E-state index in [1.807, 2.05) is 37.3 Å². The van der Waals surface area contributed by atoms with Crippen molar-refractivity contribution in [3.05, 3.63) is 51.9 Å². The molecule has 0 unspecified atom stereocenters. The Hall–Kier alpha value is -1.86. The number of rotatable bonds is 5. The highest BCUT2D eigenvalue weighted by atomic mass is 32.2. The van der Waals surface area contributed by atoms with Gasteiger partial charge in [0.1, 0.15) is 0 Å². The van der Waals surface area contributed by atoms with Crippen LogP contribution < -0.4 is 5.56 Å². The Morgan fingerprint density at radius 2 is 1.96 bits per heavy atom. The predicted molar refractivity (Wildman–Crippen MR) is 89.2 cm³/mol. The Balaban J connectivity index is 1.90. The van der Waals surface area contributed by atoms with Gasteiger partial charge in [-0.25, -0.2) is 13.1 Å².